The van der Waals surface area contributed by atoms with Crippen molar-refractivity contribution in [2.45, 2.75) is 65.1 Å². The highest BCUT2D eigenvalue weighted by molar-refractivity contribution is 5.98. The molecule has 0 spiro atoms. The Hall–Kier alpha value is -2.71. The second-order valence-corrected chi connectivity index (χ2v) is 9.04. The molecule has 1 unspecified atom stereocenters. The summed E-state index contributed by atoms with van der Waals surface area (Å²) in [5.74, 6) is -3.70. The lowest BCUT2D eigenvalue weighted by Gasteiger charge is -2.34. The summed E-state index contributed by atoms with van der Waals surface area (Å²) in [6, 6.07) is 1.99. The molecular weight excluding hydrogens is 408 g/mol. The number of nitrogens with zero attached hydrogens (tertiary/aromatic N) is 1. The molecule has 0 radical (unpaired) electrons. The highest BCUT2D eigenvalue weighted by Crippen LogP contribution is 2.17. The van der Waals surface area contributed by atoms with Crippen LogP contribution < -0.4 is 10.6 Å². The predicted octanol–water partition coefficient (Wildman–Crippen LogP) is 3.23. The lowest BCUT2D eigenvalue weighted by Crippen LogP contribution is -2.54. The molecule has 1 aromatic rings. The minimum Gasteiger partial charge on any atom is -0.444 e. The van der Waals surface area contributed by atoms with Crippen molar-refractivity contribution >= 4 is 17.9 Å². The van der Waals surface area contributed by atoms with Crippen LogP contribution in [0.2, 0.25) is 0 Å². The Morgan fingerprint density at radius 1 is 1.10 bits per heavy atom. The van der Waals surface area contributed by atoms with Gasteiger partial charge >= 0.3 is 6.09 Å². The molecule has 1 aliphatic heterocycles. The molecule has 7 nitrogen and oxygen atoms in total. The second-order valence-electron chi connectivity index (χ2n) is 9.04. The minimum atomic E-state index is -0.991. The van der Waals surface area contributed by atoms with Crippen LogP contribution >= 0.6 is 0 Å². The van der Waals surface area contributed by atoms with Gasteiger partial charge in [-0.2, -0.15) is 0 Å². The van der Waals surface area contributed by atoms with Gasteiger partial charge in [0.1, 0.15) is 28.8 Å². The lowest BCUT2D eigenvalue weighted by atomic mass is 10.00. The molecule has 1 aliphatic rings. The molecule has 0 bridgehead atoms. The van der Waals surface area contributed by atoms with E-state index >= 15 is 0 Å². The van der Waals surface area contributed by atoms with Gasteiger partial charge in [-0.05, 0) is 51.7 Å². The standard InChI is InChI=1S/C22H31F2N3O4/c1-13(2)18(26-19(28)17-15(23)7-6-8-16(17)24)20(29)25-14-9-11-27(12-10-14)21(30)31-22(3,4)5/h6-8,13-14,18H,9-12H2,1-5H3,(H,25,29)(H,26,28). The first-order valence-electron chi connectivity index (χ1n) is 10.4. The molecule has 1 saturated heterocycles. The van der Waals surface area contributed by atoms with Gasteiger partial charge in [-0.1, -0.05) is 19.9 Å². The number of amides is 3. The Bertz CT molecular complexity index is 795. The van der Waals surface area contributed by atoms with E-state index in [1.54, 1.807) is 39.5 Å². The number of rotatable bonds is 5. The van der Waals surface area contributed by atoms with E-state index in [0.29, 0.717) is 25.9 Å². The average molecular weight is 440 g/mol. The summed E-state index contributed by atoms with van der Waals surface area (Å²) in [5, 5.41) is 5.32. The number of likely N-dealkylation sites (tertiary alicyclic amines) is 1. The third kappa shape index (κ3) is 6.90. The van der Waals surface area contributed by atoms with E-state index in [4.69, 9.17) is 4.74 Å². The zero-order chi connectivity index (χ0) is 23.3. The summed E-state index contributed by atoms with van der Waals surface area (Å²) in [4.78, 5) is 38.9. The van der Waals surface area contributed by atoms with Crippen LogP contribution in [0.4, 0.5) is 13.6 Å². The lowest BCUT2D eigenvalue weighted by molar-refractivity contribution is -0.124. The molecular formula is C22H31F2N3O4. The minimum absolute atomic E-state index is 0.186. The van der Waals surface area contributed by atoms with Gasteiger partial charge in [0.15, 0.2) is 0 Å². The summed E-state index contributed by atoms with van der Waals surface area (Å²) in [7, 11) is 0. The molecule has 2 rings (SSSR count). The molecule has 1 heterocycles. The van der Waals surface area contributed by atoms with E-state index in [2.05, 4.69) is 10.6 Å². The molecule has 1 atom stereocenters. The highest BCUT2D eigenvalue weighted by Gasteiger charge is 2.31. The maximum Gasteiger partial charge on any atom is 0.410 e. The van der Waals surface area contributed by atoms with Crippen LogP contribution in [-0.2, 0) is 9.53 Å². The Morgan fingerprint density at radius 3 is 2.13 bits per heavy atom. The molecule has 1 fully saturated rings. The van der Waals surface area contributed by atoms with Crippen LogP contribution in [0.1, 0.15) is 57.8 Å². The molecule has 31 heavy (non-hydrogen) atoms. The topological polar surface area (TPSA) is 87.7 Å². The molecule has 9 heteroatoms. The fourth-order valence-electron chi connectivity index (χ4n) is 3.29. The number of ether oxygens (including phenoxy) is 1. The summed E-state index contributed by atoms with van der Waals surface area (Å²) < 4.78 is 33.1. The van der Waals surface area contributed by atoms with E-state index in [-0.39, 0.29) is 12.0 Å². The number of hydrogen-bond acceptors (Lipinski definition) is 4. The van der Waals surface area contributed by atoms with Crippen molar-refractivity contribution in [1.82, 2.24) is 15.5 Å². The number of halogens is 2. The Balaban J connectivity index is 1.95. The zero-order valence-corrected chi connectivity index (χ0v) is 18.6. The van der Waals surface area contributed by atoms with E-state index in [0.717, 1.165) is 18.2 Å². The average Bonchev–Trinajstić information content (AvgIpc) is 2.64. The van der Waals surface area contributed by atoms with Gasteiger partial charge in [0, 0.05) is 19.1 Å². The molecule has 0 saturated carbocycles. The predicted molar refractivity (Wildman–Crippen MR) is 111 cm³/mol. The molecule has 3 amide bonds. The number of nitrogens with one attached hydrogen (secondary N) is 2. The molecule has 0 aliphatic carbocycles. The van der Waals surface area contributed by atoms with Crippen molar-refractivity contribution in [3.63, 3.8) is 0 Å². The monoisotopic (exact) mass is 439 g/mol. The van der Waals surface area contributed by atoms with Crippen LogP contribution in [0.25, 0.3) is 0 Å². The van der Waals surface area contributed by atoms with Crippen LogP contribution in [0, 0.1) is 17.6 Å². The number of benzene rings is 1. The summed E-state index contributed by atoms with van der Waals surface area (Å²) in [5.41, 5.74) is -1.30. The number of carbonyl (C=O) groups excluding carboxylic acids is 3. The Morgan fingerprint density at radius 2 is 1.65 bits per heavy atom. The normalized spacial score (nSPS) is 16.1. The van der Waals surface area contributed by atoms with Gasteiger partial charge in [-0.3, -0.25) is 9.59 Å². The molecule has 0 aromatic heterocycles. The van der Waals surface area contributed by atoms with Gasteiger partial charge in [0.25, 0.3) is 5.91 Å². The van der Waals surface area contributed by atoms with Crippen molar-refractivity contribution in [2.24, 2.45) is 5.92 Å². The third-order valence-corrected chi connectivity index (χ3v) is 4.92. The summed E-state index contributed by atoms with van der Waals surface area (Å²) in [6.07, 6.45) is 0.675. The van der Waals surface area contributed by atoms with Crippen LogP contribution in [-0.4, -0.2) is 53.6 Å². The van der Waals surface area contributed by atoms with Gasteiger partial charge in [-0.25, -0.2) is 13.6 Å². The van der Waals surface area contributed by atoms with E-state index in [1.807, 2.05) is 0 Å². The maximum atomic E-state index is 13.9. The first-order chi connectivity index (χ1) is 14.4. The van der Waals surface area contributed by atoms with E-state index in [9.17, 15) is 23.2 Å². The van der Waals surface area contributed by atoms with Gasteiger partial charge in [-0.15, -0.1) is 0 Å². The zero-order valence-electron chi connectivity index (χ0n) is 18.6. The van der Waals surface area contributed by atoms with Gasteiger partial charge in [0.05, 0.1) is 0 Å². The van der Waals surface area contributed by atoms with Gasteiger partial charge in [0.2, 0.25) is 5.91 Å². The SMILES string of the molecule is CC(C)C(NC(=O)c1c(F)cccc1F)C(=O)NC1CCN(C(=O)OC(C)(C)C)CC1. The maximum absolute atomic E-state index is 13.9. The highest BCUT2D eigenvalue weighted by atomic mass is 19.1. The summed E-state index contributed by atoms with van der Waals surface area (Å²) >= 11 is 0. The quantitative estimate of drug-likeness (QED) is 0.737. The van der Waals surface area contributed by atoms with Crippen molar-refractivity contribution in [1.29, 1.82) is 0 Å². The fourth-order valence-corrected chi connectivity index (χ4v) is 3.29. The Kier molecular flexibility index (Phi) is 7.97. The number of carbonyl (C=O) groups is 3. The van der Waals surface area contributed by atoms with Crippen LogP contribution in [0.3, 0.4) is 0 Å². The van der Waals surface area contributed by atoms with Crippen LogP contribution in [0.5, 0.6) is 0 Å². The molecule has 2 N–H and O–H groups in total. The van der Waals surface area contributed by atoms with E-state index in [1.165, 1.54) is 0 Å². The van der Waals surface area contributed by atoms with Crippen LogP contribution in [0.15, 0.2) is 18.2 Å². The van der Waals surface area contributed by atoms with Crippen molar-refractivity contribution in [3.05, 3.63) is 35.4 Å². The largest absolute Gasteiger partial charge is 0.444 e. The van der Waals surface area contributed by atoms with E-state index < -0.39 is 46.7 Å². The first-order valence-corrected chi connectivity index (χ1v) is 10.4. The number of piperidine rings is 1. The van der Waals surface area contributed by atoms with Crippen molar-refractivity contribution < 1.29 is 27.9 Å². The van der Waals surface area contributed by atoms with Crippen molar-refractivity contribution in [2.75, 3.05) is 13.1 Å². The summed E-state index contributed by atoms with van der Waals surface area (Å²) in [6.45, 7) is 9.71. The molecule has 1 aromatic carbocycles. The fraction of sp³-hybridized carbons (Fsp3) is 0.591. The number of hydrogen-bond donors (Lipinski definition) is 2. The second kappa shape index (κ2) is 10.1. The van der Waals surface area contributed by atoms with Crippen molar-refractivity contribution in [3.8, 4) is 0 Å². The molecule has 172 valence electrons. The van der Waals surface area contributed by atoms with Gasteiger partial charge < -0.3 is 20.3 Å². The smallest absolute Gasteiger partial charge is 0.410 e. The Labute approximate surface area is 181 Å². The third-order valence-electron chi connectivity index (χ3n) is 4.92. The first kappa shape index (κ1) is 24.6.